The predicted molar refractivity (Wildman–Crippen MR) is 182 cm³/mol. The second-order valence-electron chi connectivity index (χ2n) is 12.0. The molecule has 0 N–H and O–H groups in total. The van der Waals surface area contributed by atoms with Gasteiger partial charge in [0.25, 0.3) is 0 Å². The first kappa shape index (κ1) is 36.0. The molecule has 0 radical (unpaired) electrons. The molecule has 5 aromatic rings. The Bertz CT molecular complexity index is 2040. The largest absolute Gasteiger partial charge is 0.416 e. The Hall–Kier alpha value is -5.32. The predicted octanol–water partition coefficient (Wildman–Crippen LogP) is 7.65. The van der Waals surface area contributed by atoms with E-state index in [-0.39, 0.29) is 61.8 Å². The number of fused-ring (bicyclic) bond motifs is 1. The Balaban J connectivity index is 1.43. The molecule has 0 bridgehead atoms. The molecule has 0 unspecified atom stereocenters. The molecule has 1 aromatic heterocycles. The monoisotopic (exact) mass is 689 g/mol. The van der Waals surface area contributed by atoms with Gasteiger partial charge in [-0.1, -0.05) is 60.7 Å². The number of benzene rings is 4. The second-order valence-corrected chi connectivity index (χ2v) is 12.0. The zero-order valence-corrected chi connectivity index (χ0v) is 27.6. The van der Waals surface area contributed by atoms with Crippen molar-refractivity contribution in [2.45, 2.75) is 46.0 Å². The number of nitrogens with zero attached hydrogens (tertiary/aromatic N) is 3. The van der Waals surface area contributed by atoms with Gasteiger partial charge in [-0.05, 0) is 72.4 Å². The van der Waals surface area contributed by atoms with Crippen LogP contribution in [0, 0.1) is 11.6 Å². The number of likely N-dealkylation sites (N-methyl/N-ethyl adjacent to an activating group) is 1. The minimum atomic E-state index is -4.43. The van der Waals surface area contributed by atoms with E-state index in [1.54, 1.807) is 62.9 Å². The molecule has 50 heavy (non-hydrogen) atoms. The minimum Gasteiger partial charge on any atom is -0.341 e. The third kappa shape index (κ3) is 8.45. The minimum absolute atomic E-state index is 0.0919. The smallest absolute Gasteiger partial charge is 0.341 e. The van der Waals surface area contributed by atoms with E-state index < -0.39 is 23.4 Å². The number of carbonyl (C=O) groups excluding carboxylic acids is 2. The van der Waals surface area contributed by atoms with E-state index >= 15 is 0 Å². The summed E-state index contributed by atoms with van der Waals surface area (Å²) in [5, 5.41) is 0.403. The summed E-state index contributed by atoms with van der Waals surface area (Å²) in [6, 6.07) is 24.2. The molecule has 0 spiro atoms. The lowest BCUT2D eigenvalue weighted by Gasteiger charge is -2.28. The number of alkyl halides is 3. The van der Waals surface area contributed by atoms with E-state index in [1.165, 1.54) is 37.3 Å². The van der Waals surface area contributed by atoms with Crippen LogP contribution in [0.1, 0.15) is 36.2 Å². The fourth-order valence-corrected chi connectivity index (χ4v) is 5.96. The maximum absolute atomic E-state index is 14.5. The van der Waals surface area contributed by atoms with Crippen LogP contribution in [0.3, 0.4) is 0 Å². The molecule has 260 valence electrons. The first-order valence-electron chi connectivity index (χ1n) is 16.2. The van der Waals surface area contributed by atoms with Crippen molar-refractivity contribution < 1.29 is 31.5 Å². The molecule has 4 aromatic carbocycles. The normalized spacial score (nSPS) is 11.5. The molecule has 0 aliphatic rings. The standard InChI is InChI=1S/C39H36F5N3O3/c1-3-45(26(2)48)21-22-46(24-27-11-13-28(14-12-27)29-15-18-31(19-16-29)39(42,43)44)37(50)25-47-32(20-17-30-7-6-9-34(40)38(30)41)23-36(49)33-8-4-5-10-35(33)47/h4-16,18-19,23H,3,17,20-22,24-25H2,1-2H3. The third-order valence-electron chi connectivity index (χ3n) is 8.77. The zero-order chi connectivity index (χ0) is 36.0. The Kier molecular flexibility index (Phi) is 11.1. The van der Waals surface area contributed by atoms with E-state index in [0.29, 0.717) is 34.3 Å². The molecule has 5 rings (SSSR count). The maximum Gasteiger partial charge on any atom is 0.416 e. The van der Waals surface area contributed by atoms with E-state index in [1.807, 2.05) is 6.92 Å². The van der Waals surface area contributed by atoms with Crippen LogP contribution in [0.4, 0.5) is 22.0 Å². The van der Waals surface area contributed by atoms with Gasteiger partial charge in [-0.15, -0.1) is 0 Å². The summed E-state index contributed by atoms with van der Waals surface area (Å²) in [5.74, 6) is -2.37. The Labute approximate surface area is 286 Å². The van der Waals surface area contributed by atoms with Crippen molar-refractivity contribution >= 4 is 22.7 Å². The molecule has 11 heteroatoms. The van der Waals surface area contributed by atoms with Gasteiger partial charge in [0.15, 0.2) is 17.1 Å². The quantitative estimate of drug-likeness (QED) is 0.127. The van der Waals surface area contributed by atoms with Crippen molar-refractivity contribution in [2.24, 2.45) is 0 Å². The number of aryl methyl sites for hydroxylation is 2. The molecular weight excluding hydrogens is 653 g/mol. The van der Waals surface area contributed by atoms with Gasteiger partial charge in [0.2, 0.25) is 11.8 Å². The number of rotatable bonds is 12. The van der Waals surface area contributed by atoms with Crippen molar-refractivity contribution in [3.63, 3.8) is 0 Å². The van der Waals surface area contributed by atoms with Crippen LogP contribution in [0.2, 0.25) is 0 Å². The number of pyridine rings is 1. The Morgan fingerprint density at radius 2 is 1.42 bits per heavy atom. The summed E-state index contributed by atoms with van der Waals surface area (Å²) < 4.78 is 69.3. The highest BCUT2D eigenvalue weighted by atomic mass is 19.4. The van der Waals surface area contributed by atoms with Crippen LogP contribution in [0.5, 0.6) is 0 Å². The highest BCUT2D eigenvalue weighted by Crippen LogP contribution is 2.31. The molecule has 0 aliphatic heterocycles. The molecule has 0 saturated carbocycles. The van der Waals surface area contributed by atoms with E-state index in [0.717, 1.165) is 23.8 Å². The summed E-state index contributed by atoms with van der Waals surface area (Å²) in [5.41, 5.74) is 2.21. The maximum atomic E-state index is 14.5. The first-order valence-corrected chi connectivity index (χ1v) is 16.2. The van der Waals surface area contributed by atoms with Gasteiger partial charge in [-0.2, -0.15) is 13.2 Å². The topological polar surface area (TPSA) is 62.6 Å². The first-order chi connectivity index (χ1) is 23.8. The van der Waals surface area contributed by atoms with Gasteiger partial charge < -0.3 is 14.4 Å². The zero-order valence-electron chi connectivity index (χ0n) is 27.6. The van der Waals surface area contributed by atoms with Crippen LogP contribution in [0.25, 0.3) is 22.0 Å². The SMILES string of the molecule is CCN(CCN(Cc1ccc(-c2ccc(C(F)(F)F)cc2)cc1)C(=O)Cn1c(CCc2cccc(F)c2F)cc(=O)c2ccccc21)C(C)=O. The molecule has 1 heterocycles. The highest BCUT2D eigenvalue weighted by molar-refractivity contribution is 5.83. The van der Waals surface area contributed by atoms with Crippen LogP contribution in [-0.2, 0) is 41.7 Å². The Morgan fingerprint density at radius 3 is 2.06 bits per heavy atom. The summed E-state index contributed by atoms with van der Waals surface area (Å²) >= 11 is 0. The van der Waals surface area contributed by atoms with Crippen molar-refractivity contribution in [2.75, 3.05) is 19.6 Å². The van der Waals surface area contributed by atoms with Gasteiger partial charge in [-0.3, -0.25) is 14.4 Å². The van der Waals surface area contributed by atoms with Crippen molar-refractivity contribution in [1.82, 2.24) is 14.4 Å². The average Bonchev–Trinajstić information content (AvgIpc) is 3.10. The van der Waals surface area contributed by atoms with Gasteiger partial charge in [0.05, 0.1) is 11.1 Å². The number of carbonyl (C=O) groups is 2. The number of halogens is 5. The van der Waals surface area contributed by atoms with Gasteiger partial charge >= 0.3 is 6.18 Å². The van der Waals surface area contributed by atoms with Crippen LogP contribution in [0.15, 0.2) is 102 Å². The van der Waals surface area contributed by atoms with Gasteiger partial charge in [-0.25, -0.2) is 8.78 Å². The summed E-state index contributed by atoms with van der Waals surface area (Å²) in [7, 11) is 0. The summed E-state index contributed by atoms with van der Waals surface area (Å²) in [6.45, 7) is 4.22. The number of para-hydroxylation sites is 1. The van der Waals surface area contributed by atoms with Crippen molar-refractivity contribution in [3.05, 3.63) is 141 Å². The lowest BCUT2D eigenvalue weighted by molar-refractivity contribution is -0.137. The number of hydrogen-bond acceptors (Lipinski definition) is 3. The third-order valence-corrected chi connectivity index (χ3v) is 8.77. The van der Waals surface area contributed by atoms with Crippen molar-refractivity contribution in [3.8, 4) is 11.1 Å². The molecule has 0 atom stereocenters. The van der Waals surface area contributed by atoms with Gasteiger partial charge in [0, 0.05) is 50.2 Å². The van der Waals surface area contributed by atoms with Crippen LogP contribution < -0.4 is 5.43 Å². The second kappa shape index (κ2) is 15.5. The fourth-order valence-electron chi connectivity index (χ4n) is 5.96. The molecule has 6 nitrogen and oxygen atoms in total. The average molecular weight is 690 g/mol. The Morgan fingerprint density at radius 1 is 0.780 bits per heavy atom. The molecule has 0 aliphatic carbocycles. The van der Waals surface area contributed by atoms with E-state index in [2.05, 4.69) is 0 Å². The van der Waals surface area contributed by atoms with E-state index in [9.17, 15) is 36.3 Å². The molecule has 0 fully saturated rings. The molecule has 2 amide bonds. The highest BCUT2D eigenvalue weighted by Gasteiger charge is 2.30. The summed E-state index contributed by atoms with van der Waals surface area (Å²) in [4.78, 5) is 42.7. The van der Waals surface area contributed by atoms with E-state index in [4.69, 9.17) is 0 Å². The number of aromatic nitrogens is 1. The molecule has 0 saturated heterocycles. The fraction of sp³-hybridized carbons (Fsp3) is 0.256. The lowest BCUT2D eigenvalue weighted by atomic mass is 10.0. The van der Waals surface area contributed by atoms with Crippen LogP contribution >= 0.6 is 0 Å². The van der Waals surface area contributed by atoms with Crippen molar-refractivity contribution in [1.29, 1.82) is 0 Å². The number of hydrogen-bond donors (Lipinski definition) is 0. The summed E-state index contributed by atoms with van der Waals surface area (Å²) in [6.07, 6.45) is -4.18. The van der Waals surface area contributed by atoms with Crippen LogP contribution in [-0.4, -0.2) is 45.8 Å². The lowest BCUT2D eigenvalue weighted by Crippen LogP contribution is -2.41. The number of amides is 2. The molecular formula is C39H36F5N3O3. The van der Waals surface area contributed by atoms with Gasteiger partial charge in [0.1, 0.15) is 6.54 Å².